The van der Waals surface area contributed by atoms with E-state index in [1.165, 1.54) is 218 Å². The zero-order chi connectivity index (χ0) is 74.3. The molecule has 0 aromatic carbocycles. The van der Waals surface area contributed by atoms with Crippen LogP contribution < -0.4 is 10.6 Å². The predicted molar refractivity (Wildman–Crippen MR) is 435 cm³/mol. The molecule has 0 bridgehead atoms. The Morgan fingerprint density at radius 2 is 0.539 bits per heavy atom. The van der Waals surface area contributed by atoms with Crippen LogP contribution in [0, 0.1) is 11.8 Å². The van der Waals surface area contributed by atoms with Gasteiger partial charge in [0.25, 0.3) is 0 Å². The number of ether oxygens (including phenoxy) is 3. The normalized spacial score (nSPS) is 12.0. The van der Waals surface area contributed by atoms with Crippen molar-refractivity contribution in [2.75, 3.05) is 65.6 Å². The van der Waals surface area contributed by atoms with Crippen LogP contribution in [0.15, 0.2) is 0 Å². The maximum absolute atomic E-state index is 13.4. The number of nitrogens with zero attached hydrogens (tertiary/aromatic N) is 2. The van der Waals surface area contributed by atoms with Crippen LogP contribution in [0.5, 0.6) is 0 Å². The Morgan fingerprint density at radius 3 is 0.863 bits per heavy atom. The van der Waals surface area contributed by atoms with Crippen molar-refractivity contribution in [1.29, 1.82) is 0 Å². The molecule has 1 atom stereocenters. The lowest BCUT2D eigenvalue weighted by Gasteiger charge is -2.25. The molecule has 0 fully saturated rings. The first kappa shape index (κ1) is 99.1. The van der Waals surface area contributed by atoms with E-state index in [0.29, 0.717) is 45.6 Å². The van der Waals surface area contributed by atoms with Crippen molar-refractivity contribution in [3.8, 4) is 0 Å². The van der Waals surface area contributed by atoms with Gasteiger partial charge in [0.15, 0.2) is 0 Å². The number of nitrogens with one attached hydrogen (secondary N) is 2. The van der Waals surface area contributed by atoms with E-state index < -0.39 is 5.97 Å². The predicted octanol–water partition coefficient (Wildman–Crippen LogP) is 25.7. The van der Waals surface area contributed by atoms with Gasteiger partial charge in [0.2, 0.25) is 0 Å². The first-order chi connectivity index (χ1) is 50.0. The second-order valence-corrected chi connectivity index (χ2v) is 31.3. The van der Waals surface area contributed by atoms with Crippen LogP contribution >= 0.6 is 0 Å². The number of hydrogen-bond acceptors (Lipinski definition) is 10. The Labute approximate surface area is 632 Å². The fourth-order valence-corrected chi connectivity index (χ4v) is 14.8. The number of amides is 2. The Bertz CT molecular complexity index is 1760. The summed E-state index contributed by atoms with van der Waals surface area (Å²) in [5.41, 5.74) is 0. The molecule has 3 N–H and O–H groups in total. The number of carboxylic acid groups (broad SMARTS) is 1. The Kier molecular flexibility index (Phi) is 78.3. The second-order valence-electron chi connectivity index (χ2n) is 31.3. The molecule has 0 aromatic rings. The molecule has 0 spiro atoms. The SMILES string of the molecule is CCCCCCCCCCCOC(=O)CCCCCN(CCCCCCCC(=O)OC(CCCCCCCC)CCCCCCCC)CCNC(=O)NCCN(CCCCCCC(C(=O)O)C(CCCCCCCC)CCCCCCCC)CCCCCC(=O)OCCCCCCCCCCC. The standard InChI is InChI=1S/C89H174N4O9/c1-7-13-19-25-31-33-35-46-62-80-100-85(94)69-56-48-60-76-92(74-58-44-37-42-55-71-87(96)102-83(66-52-40-29-23-17-11-5)67-53-41-30-24-18-12-6)78-72-90-89(99)91-73-79-93(77-61-49-57-70-86(95)101-81-63-47-36-34-32-26-20-14-8-2)75-59-45-43-54-68-84(88(97)98)82(64-50-38-27-21-15-9-3)65-51-39-28-22-16-10-4/h82-84H,7-81H2,1-6H3,(H,97,98)(H2,90,91,99). The van der Waals surface area contributed by atoms with Gasteiger partial charge in [-0.25, -0.2) is 4.79 Å². The summed E-state index contributed by atoms with van der Waals surface area (Å²) in [5.74, 6) is -0.754. The molecule has 0 heterocycles. The molecule has 0 radical (unpaired) electrons. The molecular weight excluding hydrogens is 1270 g/mol. The van der Waals surface area contributed by atoms with Crippen LogP contribution in [0.1, 0.15) is 459 Å². The fourth-order valence-electron chi connectivity index (χ4n) is 14.8. The van der Waals surface area contributed by atoms with E-state index >= 15 is 0 Å². The highest BCUT2D eigenvalue weighted by atomic mass is 16.5. The number of unbranched alkanes of at least 4 members (excludes halogenated alkanes) is 47. The molecule has 0 saturated carbocycles. The van der Waals surface area contributed by atoms with Crippen molar-refractivity contribution in [3.63, 3.8) is 0 Å². The minimum atomic E-state index is -0.597. The molecule has 604 valence electrons. The highest BCUT2D eigenvalue weighted by Gasteiger charge is 2.27. The lowest BCUT2D eigenvalue weighted by molar-refractivity contribution is -0.150. The molecule has 0 aromatic heterocycles. The van der Waals surface area contributed by atoms with Crippen LogP contribution in [-0.4, -0.2) is 116 Å². The zero-order valence-electron chi connectivity index (χ0n) is 68.9. The number of urea groups is 1. The molecule has 102 heavy (non-hydrogen) atoms. The fraction of sp³-hybridized carbons (Fsp3) is 0.944. The Morgan fingerprint density at radius 1 is 0.284 bits per heavy atom. The van der Waals surface area contributed by atoms with E-state index in [-0.39, 0.29) is 41.9 Å². The average molecular weight is 1440 g/mol. The highest BCUT2D eigenvalue weighted by Crippen LogP contribution is 2.31. The summed E-state index contributed by atoms with van der Waals surface area (Å²) in [5, 5.41) is 16.9. The molecule has 0 aliphatic carbocycles. The van der Waals surface area contributed by atoms with Crippen molar-refractivity contribution in [3.05, 3.63) is 0 Å². The topological polar surface area (TPSA) is 164 Å². The van der Waals surface area contributed by atoms with Crippen molar-refractivity contribution in [2.24, 2.45) is 11.8 Å². The van der Waals surface area contributed by atoms with Gasteiger partial charge in [-0.1, -0.05) is 337 Å². The average Bonchev–Trinajstić information content (AvgIpc) is 0.930. The monoisotopic (exact) mass is 1440 g/mol. The maximum Gasteiger partial charge on any atom is 0.314 e. The molecule has 0 saturated heterocycles. The third-order valence-electron chi connectivity index (χ3n) is 21.6. The Balaban J connectivity index is 5.60. The number of carbonyl (C=O) groups excluding carboxylic acids is 4. The zero-order valence-corrected chi connectivity index (χ0v) is 68.9. The number of carbonyl (C=O) groups is 5. The van der Waals surface area contributed by atoms with Crippen molar-refractivity contribution < 1.29 is 43.3 Å². The van der Waals surface area contributed by atoms with Gasteiger partial charge in [0.1, 0.15) is 6.10 Å². The van der Waals surface area contributed by atoms with Gasteiger partial charge >= 0.3 is 29.9 Å². The number of rotatable bonds is 84. The number of esters is 3. The van der Waals surface area contributed by atoms with E-state index in [9.17, 15) is 29.1 Å². The molecule has 13 nitrogen and oxygen atoms in total. The lowest BCUT2D eigenvalue weighted by Crippen LogP contribution is -2.43. The van der Waals surface area contributed by atoms with Crippen LogP contribution in [-0.2, 0) is 33.4 Å². The summed E-state index contributed by atoms with van der Waals surface area (Å²) in [4.78, 5) is 69.7. The first-order valence-corrected chi connectivity index (χ1v) is 45.2. The van der Waals surface area contributed by atoms with Gasteiger partial charge < -0.3 is 39.8 Å². The van der Waals surface area contributed by atoms with Gasteiger partial charge in [0, 0.05) is 45.4 Å². The molecule has 13 heteroatoms. The summed E-state index contributed by atoms with van der Waals surface area (Å²) in [7, 11) is 0. The minimum Gasteiger partial charge on any atom is -0.481 e. The first-order valence-electron chi connectivity index (χ1n) is 45.2. The van der Waals surface area contributed by atoms with E-state index in [1.807, 2.05) is 0 Å². The van der Waals surface area contributed by atoms with Crippen molar-refractivity contribution in [2.45, 2.75) is 465 Å². The molecule has 1 unspecified atom stereocenters. The quantitative estimate of drug-likeness (QED) is 0.0302. The summed E-state index contributed by atoms with van der Waals surface area (Å²) in [6.07, 6.45) is 73.4. The molecule has 0 aliphatic heterocycles. The molecule has 0 rings (SSSR count). The van der Waals surface area contributed by atoms with Gasteiger partial charge in [-0.2, -0.15) is 0 Å². The van der Waals surface area contributed by atoms with E-state index in [2.05, 4.69) is 62.0 Å². The smallest absolute Gasteiger partial charge is 0.314 e. The second kappa shape index (κ2) is 80.6. The van der Waals surface area contributed by atoms with Gasteiger partial charge in [-0.15, -0.1) is 0 Å². The molecule has 2 amide bonds. The van der Waals surface area contributed by atoms with Crippen LogP contribution in [0.25, 0.3) is 0 Å². The van der Waals surface area contributed by atoms with E-state index in [1.54, 1.807) is 0 Å². The largest absolute Gasteiger partial charge is 0.481 e. The third-order valence-corrected chi connectivity index (χ3v) is 21.6. The van der Waals surface area contributed by atoms with E-state index in [4.69, 9.17) is 14.2 Å². The van der Waals surface area contributed by atoms with Crippen LogP contribution in [0.4, 0.5) is 4.79 Å². The molecule has 0 aliphatic rings. The minimum absolute atomic E-state index is 0.0166. The number of aliphatic carboxylic acids is 1. The number of carboxylic acids is 1. The maximum atomic E-state index is 13.4. The van der Waals surface area contributed by atoms with Crippen LogP contribution in [0.3, 0.4) is 0 Å². The summed E-state index contributed by atoms with van der Waals surface area (Å²) in [6.45, 7) is 20.9. The van der Waals surface area contributed by atoms with E-state index in [0.717, 1.165) is 219 Å². The highest BCUT2D eigenvalue weighted by molar-refractivity contribution is 5.73. The van der Waals surface area contributed by atoms with Crippen LogP contribution in [0.2, 0.25) is 0 Å². The lowest BCUT2D eigenvalue weighted by atomic mass is 9.80. The third kappa shape index (κ3) is 71.3. The summed E-state index contributed by atoms with van der Waals surface area (Å²) >= 11 is 0. The van der Waals surface area contributed by atoms with Gasteiger partial charge in [-0.05, 0) is 135 Å². The van der Waals surface area contributed by atoms with Gasteiger partial charge in [-0.3, -0.25) is 19.2 Å². The number of hydrogen-bond donors (Lipinski definition) is 3. The molecular formula is C89H174N4O9. The van der Waals surface area contributed by atoms with Crippen molar-refractivity contribution >= 4 is 29.9 Å². The summed E-state index contributed by atoms with van der Waals surface area (Å²) < 4.78 is 17.4. The summed E-state index contributed by atoms with van der Waals surface area (Å²) in [6, 6.07) is -0.148. The van der Waals surface area contributed by atoms with Crippen molar-refractivity contribution in [1.82, 2.24) is 20.4 Å². The van der Waals surface area contributed by atoms with Gasteiger partial charge in [0.05, 0.1) is 19.1 Å². The Hall–Kier alpha value is -2.93.